The molecule has 6 heteroatoms. The van der Waals surface area contributed by atoms with Gasteiger partial charge in [-0.15, -0.1) is 0 Å². The third-order valence-electron chi connectivity index (χ3n) is 1.99. The summed E-state index contributed by atoms with van der Waals surface area (Å²) in [5.74, 6) is -3.38. The van der Waals surface area contributed by atoms with Gasteiger partial charge in [0.2, 0.25) is 0 Å². The number of benzene rings is 1. The van der Waals surface area contributed by atoms with Gasteiger partial charge in [-0.05, 0) is 13.8 Å². The number of anilines is 1. The van der Waals surface area contributed by atoms with E-state index < -0.39 is 40.7 Å². The summed E-state index contributed by atoms with van der Waals surface area (Å²) in [5, 5.41) is 0. The summed E-state index contributed by atoms with van der Waals surface area (Å²) in [4.78, 5) is 11.6. The zero-order valence-electron chi connectivity index (χ0n) is 9.71. The molecule has 4 nitrogen and oxygen atoms in total. The largest absolute Gasteiger partial charge is 0.494 e. The Morgan fingerprint density at radius 3 is 2.47 bits per heavy atom. The Morgan fingerprint density at radius 1 is 1.41 bits per heavy atom. The lowest BCUT2D eigenvalue weighted by molar-refractivity contribution is 0.0372. The fourth-order valence-electron chi connectivity index (χ4n) is 1.24. The van der Waals surface area contributed by atoms with Gasteiger partial charge in [0.15, 0.2) is 17.4 Å². The maximum absolute atomic E-state index is 13.7. The Bertz CT molecular complexity index is 447. The van der Waals surface area contributed by atoms with E-state index in [9.17, 15) is 13.6 Å². The van der Waals surface area contributed by atoms with E-state index in [1.807, 2.05) is 0 Å². The normalized spacial score (nSPS) is 10.5. The van der Waals surface area contributed by atoms with Gasteiger partial charge in [0, 0.05) is 6.07 Å². The molecule has 0 bridgehead atoms. The number of nitrogens with two attached hydrogens (primary N) is 1. The van der Waals surface area contributed by atoms with Crippen molar-refractivity contribution in [1.29, 1.82) is 0 Å². The monoisotopic (exact) mass is 245 g/mol. The highest BCUT2D eigenvalue weighted by atomic mass is 19.1. The van der Waals surface area contributed by atoms with Crippen LogP contribution in [0.1, 0.15) is 24.2 Å². The van der Waals surface area contributed by atoms with Crippen LogP contribution in [-0.4, -0.2) is 19.2 Å². The van der Waals surface area contributed by atoms with Gasteiger partial charge in [0.05, 0.1) is 18.9 Å². The average Bonchev–Trinajstić information content (AvgIpc) is 2.22. The van der Waals surface area contributed by atoms with E-state index in [1.54, 1.807) is 13.8 Å². The molecule has 0 fully saturated rings. The second-order valence-corrected chi connectivity index (χ2v) is 3.62. The number of halogens is 2. The van der Waals surface area contributed by atoms with E-state index in [-0.39, 0.29) is 0 Å². The highest BCUT2D eigenvalue weighted by molar-refractivity contribution is 5.96. The number of rotatable bonds is 3. The fraction of sp³-hybridized carbons (Fsp3) is 0.364. The molecule has 0 aromatic heterocycles. The molecule has 0 radical (unpaired) electrons. The molecule has 17 heavy (non-hydrogen) atoms. The van der Waals surface area contributed by atoms with Crippen LogP contribution in [0.25, 0.3) is 0 Å². The van der Waals surface area contributed by atoms with Gasteiger partial charge in [-0.25, -0.2) is 13.6 Å². The number of ether oxygens (including phenoxy) is 2. The zero-order chi connectivity index (χ0) is 13.2. The molecule has 0 saturated carbocycles. The van der Waals surface area contributed by atoms with Crippen molar-refractivity contribution in [2.45, 2.75) is 20.0 Å². The summed E-state index contributed by atoms with van der Waals surface area (Å²) in [5.41, 5.74) is 4.08. The number of methoxy groups -OCH3 is 1. The predicted octanol–water partition coefficient (Wildman–Crippen LogP) is 2.12. The second kappa shape index (κ2) is 4.99. The Kier molecular flexibility index (Phi) is 3.88. The third-order valence-corrected chi connectivity index (χ3v) is 1.99. The molecule has 0 aliphatic heterocycles. The molecule has 0 unspecified atom stereocenters. The minimum atomic E-state index is -1.03. The van der Waals surface area contributed by atoms with E-state index in [0.29, 0.717) is 0 Å². The van der Waals surface area contributed by atoms with Gasteiger partial charge in [0.1, 0.15) is 5.56 Å². The number of hydrogen-bond acceptors (Lipinski definition) is 4. The van der Waals surface area contributed by atoms with Crippen molar-refractivity contribution >= 4 is 11.7 Å². The second-order valence-electron chi connectivity index (χ2n) is 3.62. The van der Waals surface area contributed by atoms with Crippen LogP contribution in [-0.2, 0) is 4.74 Å². The van der Waals surface area contributed by atoms with Gasteiger partial charge < -0.3 is 15.2 Å². The maximum atomic E-state index is 13.7. The topological polar surface area (TPSA) is 61.5 Å². The van der Waals surface area contributed by atoms with Crippen molar-refractivity contribution in [3.63, 3.8) is 0 Å². The molecule has 0 aliphatic carbocycles. The van der Waals surface area contributed by atoms with Crippen LogP contribution in [0.15, 0.2) is 6.07 Å². The van der Waals surface area contributed by atoms with Crippen molar-refractivity contribution < 1.29 is 23.0 Å². The molecule has 1 aromatic rings. The summed E-state index contributed by atoms with van der Waals surface area (Å²) in [6.45, 7) is 3.17. The first kappa shape index (κ1) is 13.2. The van der Waals surface area contributed by atoms with E-state index in [1.165, 1.54) is 0 Å². The lowest BCUT2D eigenvalue weighted by atomic mass is 10.1. The molecule has 0 aliphatic rings. The Balaban J connectivity index is 3.30. The summed E-state index contributed by atoms with van der Waals surface area (Å²) < 4.78 is 36.4. The molecular weight excluding hydrogens is 232 g/mol. The van der Waals surface area contributed by atoms with Crippen LogP contribution in [0.5, 0.6) is 5.75 Å². The van der Waals surface area contributed by atoms with Crippen LogP contribution in [0.3, 0.4) is 0 Å². The molecule has 0 amide bonds. The zero-order valence-corrected chi connectivity index (χ0v) is 9.71. The van der Waals surface area contributed by atoms with Crippen molar-refractivity contribution in [2.75, 3.05) is 12.8 Å². The SMILES string of the molecule is COc1cc(F)c(N)c(C(=O)OC(C)C)c1F. The van der Waals surface area contributed by atoms with Crippen LogP contribution < -0.4 is 10.5 Å². The standard InChI is InChI=1S/C11H13F2NO3/c1-5(2)17-11(15)8-9(13)7(16-3)4-6(12)10(8)14/h4-5H,14H2,1-3H3. The lowest BCUT2D eigenvalue weighted by Crippen LogP contribution is -2.16. The Hall–Kier alpha value is -1.85. The summed E-state index contributed by atoms with van der Waals surface area (Å²) in [6.07, 6.45) is -0.462. The molecule has 2 N–H and O–H groups in total. The van der Waals surface area contributed by atoms with Crippen LogP contribution in [0.2, 0.25) is 0 Å². The highest BCUT2D eigenvalue weighted by Crippen LogP contribution is 2.29. The molecule has 0 saturated heterocycles. The molecule has 1 aromatic carbocycles. The van der Waals surface area contributed by atoms with Gasteiger partial charge >= 0.3 is 5.97 Å². The number of carbonyl (C=O) groups is 1. The summed E-state index contributed by atoms with van der Waals surface area (Å²) in [6, 6.07) is 0.775. The molecule has 94 valence electrons. The van der Waals surface area contributed by atoms with Gasteiger partial charge in [-0.2, -0.15) is 0 Å². The van der Waals surface area contributed by atoms with Crippen molar-refractivity contribution in [2.24, 2.45) is 0 Å². The number of carbonyl (C=O) groups excluding carboxylic acids is 1. The highest BCUT2D eigenvalue weighted by Gasteiger charge is 2.24. The first-order chi connectivity index (χ1) is 7.88. The minimum Gasteiger partial charge on any atom is -0.494 e. The van der Waals surface area contributed by atoms with Crippen LogP contribution in [0.4, 0.5) is 14.5 Å². The average molecular weight is 245 g/mol. The minimum absolute atomic E-state index is 0.396. The van der Waals surface area contributed by atoms with E-state index in [0.717, 1.165) is 13.2 Å². The van der Waals surface area contributed by atoms with Crippen LogP contribution >= 0.6 is 0 Å². The summed E-state index contributed by atoms with van der Waals surface area (Å²) >= 11 is 0. The molecule has 0 spiro atoms. The number of nitrogen functional groups attached to an aromatic ring is 1. The molecule has 0 atom stereocenters. The molecule has 0 heterocycles. The van der Waals surface area contributed by atoms with Gasteiger partial charge in [-0.3, -0.25) is 0 Å². The van der Waals surface area contributed by atoms with Crippen molar-refractivity contribution in [3.05, 3.63) is 23.3 Å². The van der Waals surface area contributed by atoms with E-state index in [2.05, 4.69) is 4.74 Å². The smallest absolute Gasteiger partial charge is 0.343 e. The first-order valence-electron chi connectivity index (χ1n) is 4.91. The number of hydrogen-bond donors (Lipinski definition) is 1. The lowest BCUT2D eigenvalue weighted by Gasteiger charge is -2.12. The van der Waals surface area contributed by atoms with E-state index in [4.69, 9.17) is 10.5 Å². The molecule has 1 rings (SSSR count). The van der Waals surface area contributed by atoms with Gasteiger partial charge in [0.25, 0.3) is 0 Å². The Labute approximate surface area is 97.3 Å². The van der Waals surface area contributed by atoms with Gasteiger partial charge in [-0.1, -0.05) is 0 Å². The third kappa shape index (κ3) is 2.64. The quantitative estimate of drug-likeness (QED) is 0.654. The first-order valence-corrected chi connectivity index (χ1v) is 4.91. The number of esters is 1. The summed E-state index contributed by atoms with van der Waals surface area (Å²) in [7, 11) is 1.16. The van der Waals surface area contributed by atoms with Crippen molar-refractivity contribution in [3.8, 4) is 5.75 Å². The predicted molar refractivity (Wildman–Crippen MR) is 57.9 cm³/mol. The Morgan fingerprint density at radius 2 is 2.00 bits per heavy atom. The maximum Gasteiger partial charge on any atom is 0.343 e. The van der Waals surface area contributed by atoms with E-state index >= 15 is 0 Å². The molecular formula is C11H13F2NO3. The fourth-order valence-corrected chi connectivity index (χ4v) is 1.24. The van der Waals surface area contributed by atoms with Crippen molar-refractivity contribution in [1.82, 2.24) is 0 Å². The van der Waals surface area contributed by atoms with Crippen LogP contribution in [0, 0.1) is 11.6 Å².